The molecule has 74 valence electrons. The van der Waals surface area contributed by atoms with Gasteiger partial charge >= 0.3 is 29.6 Å². The van der Waals surface area contributed by atoms with Gasteiger partial charge in [0.1, 0.15) is 0 Å². The van der Waals surface area contributed by atoms with E-state index in [-0.39, 0.29) is 47.4 Å². The van der Waals surface area contributed by atoms with E-state index in [9.17, 15) is 0 Å². The third kappa shape index (κ3) is 22.4. The Kier molecular flexibility index (Phi) is 55.2. The van der Waals surface area contributed by atoms with E-state index in [1.54, 1.807) is 0 Å². The first-order valence-electron chi connectivity index (χ1n) is 2.71. The van der Waals surface area contributed by atoms with Gasteiger partial charge in [0.2, 0.25) is 0 Å². The predicted molar refractivity (Wildman–Crippen MR) is 49.9 cm³/mol. The van der Waals surface area contributed by atoms with Gasteiger partial charge in [0.25, 0.3) is 5.17 Å². The van der Waals surface area contributed by atoms with Gasteiger partial charge in [-0.05, 0) is 26.1 Å². The summed E-state index contributed by atoms with van der Waals surface area (Å²) >= 11 is 4.72. The molecular weight excluding hydrogens is 193 g/mol. The zero-order valence-corrected chi connectivity index (χ0v) is 10.5. The average molecular weight is 211 g/mol. The van der Waals surface area contributed by atoms with Crippen LogP contribution in [0.15, 0.2) is 0 Å². The van der Waals surface area contributed by atoms with Gasteiger partial charge in [0.05, 0.1) is 6.61 Å². The van der Waals surface area contributed by atoms with Crippen molar-refractivity contribution < 1.29 is 52.1 Å². The van der Waals surface area contributed by atoms with Crippen molar-refractivity contribution in [2.75, 3.05) is 13.2 Å². The second-order valence-electron chi connectivity index (χ2n) is 1.25. The number of nitrogens with one attached hydrogen (secondary N) is 1. The third-order valence-corrected chi connectivity index (χ3v) is 0.859. The van der Waals surface area contributed by atoms with Gasteiger partial charge in [-0.3, -0.25) is 0 Å². The SMILES string of the molecule is CCNC(=S)OCC.O.O.O.[H-].[Na+]. The molecule has 0 unspecified atom stereocenters. The summed E-state index contributed by atoms with van der Waals surface area (Å²) in [6, 6.07) is 0. The molecule has 0 saturated carbocycles. The van der Waals surface area contributed by atoms with Crippen LogP contribution < -0.4 is 34.9 Å². The largest absolute Gasteiger partial charge is 1.00 e. The Morgan fingerprint density at radius 1 is 1.33 bits per heavy atom. The Bertz CT molecular complexity index is 82.9. The van der Waals surface area contributed by atoms with Crippen molar-refractivity contribution in [3.05, 3.63) is 0 Å². The molecule has 0 saturated heterocycles. The van der Waals surface area contributed by atoms with Crippen molar-refractivity contribution in [2.45, 2.75) is 13.8 Å². The molecule has 0 aromatic rings. The van der Waals surface area contributed by atoms with Crippen LogP contribution in [0.25, 0.3) is 0 Å². The minimum atomic E-state index is 0. The fourth-order valence-electron chi connectivity index (χ4n) is 0.326. The molecule has 0 aromatic carbocycles. The zero-order valence-electron chi connectivity index (χ0n) is 8.73. The van der Waals surface area contributed by atoms with Crippen LogP contribution in [0.3, 0.4) is 0 Å². The summed E-state index contributed by atoms with van der Waals surface area (Å²) in [5.41, 5.74) is 0. The van der Waals surface area contributed by atoms with Crippen LogP contribution in [-0.2, 0) is 4.74 Å². The molecule has 0 spiro atoms. The fourth-order valence-corrected chi connectivity index (χ4v) is 0.589. The molecule has 0 atom stereocenters. The molecule has 0 aromatic heterocycles. The molecule has 7 heteroatoms. The number of ether oxygens (including phenoxy) is 1. The van der Waals surface area contributed by atoms with Crippen LogP contribution in [0, 0.1) is 0 Å². The second kappa shape index (κ2) is 22.6. The molecule has 0 rings (SSSR count). The van der Waals surface area contributed by atoms with E-state index < -0.39 is 0 Å². The summed E-state index contributed by atoms with van der Waals surface area (Å²) in [6.07, 6.45) is 0. The Hall–Kier alpha value is 0.570. The molecule has 0 aliphatic rings. The van der Waals surface area contributed by atoms with E-state index >= 15 is 0 Å². The van der Waals surface area contributed by atoms with Crippen molar-refractivity contribution in [3.63, 3.8) is 0 Å². The summed E-state index contributed by atoms with van der Waals surface area (Å²) in [5, 5.41) is 3.35. The van der Waals surface area contributed by atoms with Crippen molar-refractivity contribution in [3.8, 4) is 0 Å². The van der Waals surface area contributed by atoms with E-state index in [0.29, 0.717) is 11.8 Å². The number of hydrogen-bond acceptors (Lipinski definition) is 2. The maximum atomic E-state index is 4.90. The number of hydrogen-bond donors (Lipinski definition) is 1. The first-order chi connectivity index (χ1) is 3.81. The van der Waals surface area contributed by atoms with E-state index in [0.717, 1.165) is 6.54 Å². The predicted octanol–water partition coefficient (Wildman–Crippen LogP) is -4.44. The maximum Gasteiger partial charge on any atom is 1.00 e. The summed E-state index contributed by atoms with van der Waals surface area (Å²) in [6.45, 7) is 5.36. The second-order valence-corrected chi connectivity index (χ2v) is 1.62. The van der Waals surface area contributed by atoms with Gasteiger partial charge in [0.15, 0.2) is 0 Å². The van der Waals surface area contributed by atoms with Gasteiger partial charge < -0.3 is 27.9 Å². The Morgan fingerprint density at radius 2 is 1.75 bits per heavy atom. The third-order valence-electron chi connectivity index (χ3n) is 0.597. The fraction of sp³-hybridized carbons (Fsp3) is 0.800. The van der Waals surface area contributed by atoms with Gasteiger partial charge in [-0.15, -0.1) is 0 Å². The van der Waals surface area contributed by atoms with E-state index in [1.165, 1.54) is 0 Å². The standard InChI is InChI=1S/C5H11NOS.Na.3H2O.H/c1-3-6-5(8)7-4-2;;;;;/h3-4H2,1-2H3,(H,6,8);;3*1H2;/q;+1;;;;-1. The summed E-state index contributed by atoms with van der Waals surface area (Å²) in [5.74, 6) is 0. The van der Waals surface area contributed by atoms with Gasteiger partial charge in [0, 0.05) is 6.54 Å². The van der Waals surface area contributed by atoms with Crippen molar-refractivity contribution in [1.29, 1.82) is 0 Å². The Morgan fingerprint density at radius 3 is 2.00 bits per heavy atom. The number of thiocarbonyl (C=S) groups is 1. The summed E-state index contributed by atoms with van der Waals surface area (Å²) in [7, 11) is 0. The summed E-state index contributed by atoms with van der Waals surface area (Å²) < 4.78 is 4.90. The van der Waals surface area contributed by atoms with Crippen molar-refractivity contribution >= 4 is 17.4 Å². The minimum absolute atomic E-state index is 0. The van der Waals surface area contributed by atoms with Crippen LogP contribution in [0.5, 0.6) is 0 Å². The molecular formula is C5H18NNaO4S. The molecule has 7 N–H and O–H groups in total. The first-order valence-corrected chi connectivity index (χ1v) is 3.12. The topological polar surface area (TPSA) is 116 Å². The van der Waals surface area contributed by atoms with Crippen LogP contribution in [0.4, 0.5) is 0 Å². The molecule has 0 bridgehead atoms. The number of rotatable bonds is 2. The smallest absolute Gasteiger partial charge is 1.00 e. The summed E-state index contributed by atoms with van der Waals surface area (Å²) in [4.78, 5) is 0. The average Bonchev–Trinajstić information content (AvgIpc) is 1.68. The molecule has 0 radical (unpaired) electrons. The molecule has 12 heavy (non-hydrogen) atoms. The van der Waals surface area contributed by atoms with Crippen LogP contribution in [0.1, 0.15) is 15.3 Å². The quantitative estimate of drug-likeness (QED) is 0.367. The van der Waals surface area contributed by atoms with E-state index in [1.807, 2.05) is 13.8 Å². The molecule has 5 nitrogen and oxygen atoms in total. The Labute approximate surface area is 102 Å². The minimum Gasteiger partial charge on any atom is -1.00 e. The normalized spacial score (nSPS) is 5.50. The van der Waals surface area contributed by atoms with Crippen molar-refractivity contribution in [2.24, 2.45) is 0 Å². The zero-order chi connectivity index (χ0) is 6.41. The molecule has 0 aliphatic carbocycles. The van der Waals surface area contributed by atoms with Crippen LogP contribution in [-0.4, -0.2) is 34.8 Å². The Balaban J connectivity index is -0.0000000245. The molecule has 0 fully saturated rings. The van der Waals surface area contributed by atoms with Gasteiger partial charge in [-0.1, -0.05) is 0 Å². The first kappa shape index (κ1) is 29.4. The van der Waals surface area contributed by atoms with Crippen LogP contribution in [0.2, 0.25) is 0 Å². The van der Waals surface area contributed by atoms with Gasteiger partial charge in [-0.2, -0.15) is 0 Å². The molecule has 0 amide bonds. The van der Waals surface area contributed by atoms with E-state index in [2.05, 4.69) is 5.32 Å². The maximum absolute atomic E-state index is 4.90. The van der Waals surface area contributed by atoms with E-state index in [4.69, 9.17) is 17.0 Å². The van der Waals surface area contributed by atoms with Gasteiger partial charge in [-0.25, -0.2) is 0 Å². The van der Waals surface area contributed by atoms with Crippen LogP contribution >= 0.6 is 12.2 Å². The van der Waals surface area contributed by atoms with Crippen molar-refractivity contribution in [1.82, 2.24) is 5.32 Å². The molecule has 0 heterocycles. The monoisotopic (exact) mass is 211 g/mol. The molecule has 0 aliphatic heterocycles.